The molecule has 2 heteroatoms. The van der Waals surface area contributed by atoms with Gasteiger partial charge in [0.15, 0.2) is 0 Å². The fraction of sp³-hybridized carbons (Fsp3) is 1.00. The standard InChI is InChI=1S/C11H22O2/c1-10(2,3)12-8-9-6-7-11(4,5)13-9/h9H,6-8H2,1-5H3. The highest BCUT2D eigenvalue weighted by molar-refractivity contribution is 4.81. The molecule has 0 spiro atoms. The van der Waals surface area contributed by atoms with Gasteiger partial charge in [0.25, 0.3) is 0 Å². The summed E-state index contributed by atoms with van der Waals surface area (Å²) in [6.07, 6.45) is 2.57. The summed E-state index contributed by atoms with van der Waals surface area (Å²) in [6, 6.07) is 0. The molecule has 0 aromatic carbocycles. The highest BCUT2D eigenvalue weighted by Gasteiger charge is 2.32. The van der Waals surface area contributed by atoms with Crippen LogP contribution in [0.5, 0.6) is 0 Å². The van der Waals surface area contributed by atoms with E-state index in [1.165, 1.54) is 0 Å². The van der Waals surface area contributed by atoms with Gasteiger partial charge in [0, 0.05) is 0 Å². The molecule has 1 unspecified atom stereocenters. The van der Waals surface area contributed by atoms with Crippen LogP contribution >= 0.6 is 0 Å². The molecule has 0 aliphatic carbocycles. The zero-order valence-electron chi connectivity index (χ0n) is 9.52. The average molecular weight is 186 g/mol. The summed E-state index contributed by atoms with van der Waals surface area (Å²) in [5.74, 6) is 0. The van der Waals surface area contributed by atoms with Crippen LogP contribution in [0.3, 0.4) is 0 Å². The van der Waals surface area contributed by atoms with Crippen molar-refractivity contribution in [2.75, 3.05) is 6.61 Å². The van der Waals surface area contributed by atoms with E-state index in [-0.39, 0.29) is 11.2 Å². The Morgan fingerprint density at radius 1 is 1.38 bits per heavy atom. The van der Waals surface area contributed by atoms with E-state index in [9.17, 15) is 0 Å². The van der Waals surface area contributed by atoms with E-state index in [0.29, 0.717) is 6.10 Å². The van der Waals surface area contributed by atoms with Crippen LogP contribution in [-0.4, -0.2) is 23.9 Å². The molecule has 1 aliphatic rings. The van der Waals surface area contributed by atoms with Gasteiger partial charge in [-0.15, -0.1) is 0 Å². The van der Waals surface area contributed by atoms with Crippen LogP contribution in [0.4, 0.5) is 0 Å². The normalized spacial score (nSPS) is 27.9. The highest BCUT2D eigenvalue weighted by Crippen LogP contribution is 2.29. The lowest BCUT2D eigenvalue weighted by atomic mass is 10.1. The van der Waals surface area contributed by atoms with Crippen molar-refractivity contribution >= 4 is 0 Å². The average Bonchev–Trinajstić information content (AvgIpc) is 2.24. The maximum atomic E-state index is 5.82. The first kappa shape index (κ1) is 11.0. The van der Waals surface area contributed by atoms with Crippen molar-refractivity contribution in [2.24, 2.45) is 0 Å². The minimum absolute atomic E-state index is 0.0455. The van der Waals surface area contributed by atoms with Crippen LogP contribution in [0.25, 0.3) is 0 Å². The van der Waals surface area contributed by atoms with Crippen molar-refractivity contribution in [1.29, 1.82) is 0 Å². The van der Waals surface area contributed by atoms with E-state index < -0.39 is 0 Å². The Morgan fingerprint density at radius 3 is 2.38 bits per heavy atom. The van der Waals surface area contributed by atoms with E-state index in [1.54, 1.807) is 0 Å². The first-order valence-electron chi connectivity index (χ1n) is 5.10. The molecule has 1 rings (SSSR count). The Morgan fingerprint density at radius 2 is 2.00 bits per heavy atom. The van der Waals surface area contributed by atoms with E-state index in [1.807, 2.05) is 0 Å². The van der Waals surface area contributed by atoms with Gasteiger partial charge in [-0.05, 0) is 47.5 Å². The predicted molar refractivity (Wildman–Crippen MR) is 53.9 cm³/mol. The summed E-state index contributed by atoms with van der Waals surface area (Å²) >= 11 is 0. The SMILES string of the molecule is CC(C)(C)OCC1CCC(C)(C)O1. The van der Waals surface area contributed by atoms with Crippen LogP contribution in [0, 0.1) is 0 Å². The molecule has 1 atom stereocenters. The lowest BCUT2D eigenvalue weighted by Gasteiger charge is -2.24. The Hall–Kier alpha value is -0.0800. The van der Waals surface area contributed by atoms with Gasteiger partial charge >= 0.3 is 0 Å². The maximum absolute atomic E-state index is 5.82. The molecule has 1 heterocycles. The van der Waals surface area contributed by atoms with Gasteiger partial charge in [-0.25, -0.2) is 0 Å². The molecule has 0 aromatic heterocycles. The van der Waals surface area contributed by atoms with Crippen LogP contribution < -0.4 is 0 Å². The summed E-state index contributed by atoms with van der Waals surface area (Å²) in [6.45, 7) is 11.2. The molecule has 0 radical (unpaired) electrons. The van der Waals surface area contributed by atoms with Crippen LogP contribution in [0.1, 0.15) is 47.5 Å². The topological polar surface area (TPSA) is 18.5 Å². The van der Waals surface area contributed by atoms with Gasteiger partial charge in [0.2, 0.25) is 0 Å². The molecule has 1 saturated heterocycles. The predicted octanol–water partition coefficient (Wildman–Crippen LogP) is 2.76. The second-order valence-electron chi connectivity index (χ2n) is 5.46. The minimum atomic E-state index is -0.0455. The largest absolute Gasteiger partial charge is 0.373 e. The molecule has 0 bridgehead atoms. The number of ether oxygens (including phenoxy) is 2. The number of hydrogen-bond acceptors (Lipinski definition) is 2. The minimum Gasteiger partial charge on any atom is -0.373 e. The van der Waals surface area contributed by atoms with Gasteiger partial charge < -0.3 is 9.47 Å². The van der Waals surface area contributed by atoms with Gasteiger partial charge in [0.1, 0.15) is 0 Å². The molecule has 1 fully saturated rings. The first-order valence-corrected chi connectivity index (χ1v) is 5.10. The summed E-state index contributed by atoms with van der Waals surface area (Å²) in [5.41, 5.74) is 0.0159. The third-order valence-electron chi connectivity index (χ3n) is 2.26. The summed E-state index contributed by atoms with van der Waals surface area (Å²) in [7, 11) is 0. The van der Waals surface area contributed by atoms with Crippen LogP contribution in [0.2, 0.25) is 0 Å². The van der Waals surface area contributed by atoms with Crippen molar-refractivity contribution in [3.05, 3.63) is 0 Å². The summed E-state index contributed by atoms with van der Waals surface area (Å²) in [5, 5.41) is 0. The molecule has 1 aliphatic heterocycles. The van der Waals surface area contributed by atoms with Gasteiger partial charge in [-0.2, -0.15) is 0 Å². The van der Waals surface area contributed by atoms with Gasteiger partial charge in [-0.1, -0.05) is 0 Å². The quantitative estimate of drug-likeness (QED) is 0.660. The fourth-order valence-corrected chi connectivity index (χ4v) is 1.54. The first-order chi connectivity index (χ1) is 5.79. The number of hydrogen-bond donors (Lipinski definition) is 0. The van der Waals surface area contributed by atoms with Crippen molar-refractivity contribution in [3.8, 4) is 0 Å². The van der Waals surface area contributed by atoms with Crippen molar-refractivity contribution in [2.45, 2.75) is 64.8 Å². The van der Waals surface area contributed by atoms with E-state index in [4.69, 9.17) is 9.47 Å². The molecular formula is C11H22O2. The molecule has 0 amide bonds. The second-order valence-corrected chi connectivity index (χ2v) is 5.46. The highest BCUT2D eigenvalue weighted by atomic mass is 16.6. The third-order valence-corrected chi connectivity index (χ3v) is 2.26. The Balaban J connectivity index is 2.25. The lowest BCUT2D eigenvalue weighted by Crippen LogP contribution is -2.28. The summed E-state index contributed by atoms with van der Waals surface area (Å²) < 4.78 is 11.5. The lowest BCUT2D eigenvalue weighted by molar-refractivity contribution is -0.0896. The van der Waals surface area contributed by atoms with E-state index in [2.05, 4.69) is 34.6 Å². The smallest absolute Gasteiger partial charge is 0.0817 e. The summed E-state index contributed by atoms with van der Waals surface area (Å²) in [4.78, 5) is 0. The second kappa shape index (κ2) is 3.58. The molecule has 13 heavy (non-hydrogen) atoms. The monoisotopic (exact) mass is 186 g/mol. The molecule has 2 nitrogen and oxygen atoms in total. The van der Waals surface area contributed by atoms with Gasteiger partial charge in [0.05, 0.1) is 23.9 Å². The van der Waals surface area contributed by atoms with Crippen molar-refractivity contribution < 1.29 is 9.47 Å². The Labute approximate surface area is 81.6 Å². The zero-order chi connectivity index (χ0) is 10.1. The molecule has 0 aromatic rings. The maximum Gasteiger partial charge on any atom is 0.0817 e. The number of rotatable bonds is 2. The molecular weight excluding hydrogens is 164 g/mol. The van der Waals surface area contributed by atoms with Crippen LogP contribution in [0.15, 0.2) is 0 Å². The molecule has 0 saturated carbocycles. The molecule has 78 valence electrons. The van der Waals surface area contributed by atoms with Crippen molar-refractivity contribution in [3.63, 3.8) is 0 Å². The fourth-order valence-electron chi connectivity index (χ4n) is 1.54. The van der Waals surface area contributed by atoms with E-state index >= 15 is 0 Å². The Bertz CT molecular complexity index is 167. The van der Waals surface area contributed by atoms with Gasteiger partial charge in [-0.3, -0.25) is 0 Å². The van der Waals surface area contributed by atoms with Crippen LogP contribution in [-0.2, 0) is 9.47 Å². The van der Waals surface area contributed by atoms with E-state index in [0.717, 1.165) is 19.4 Å². The third kappa shape index (κ3) is 4.10. The zero-order valence-corrected chi connectivity index (χ0v) is 9.52. The Kier molecular flexibility index (Phi) is 3.03. The molecule has 0 N–H and O–H groups in total. The van der Waals surface area contributed by atoms with Crippen molar-refractivity contribution in [1.82, 2.24) is 0 Å².